The van der Waals surface area contributed by atoms with Gasteiger partial charge in [0.2, 0.25) is 5.91 Å². The molecule has 1 heterocycles. The number of ether oxygens (including phenoxy) is 1. The lowest BCUT2D eigenvalue weighted by atomic mass is 10.1. The molecule has 2 aromatic rings. The number of hydrogen-bond donors (Lipinski definition) is 1. The molecule has 0 aliphatic rings. The first-order valence-corrected chi connectivity index (χ1v) is 7.59. The van der Waals surface area contributed by atoms with Gasteiger partial charge in [0.25, 0.3) is 5.56 Å². The number of aromatic nitrogens is 1. The zero-order chi connectivity index (χ0) is 16.1. The van der Waals surface area contributed by atoms with Gasteiger partial charge in [-0.2, -0.15) is 0 Å². The molecule has 0 aliphatic heterocycles. The normalized spacial score (nSPS) is 11.8. The molecule has 0 radical (unpaired) electrons. The standard InChI is InChI=1S/C16H17BrN2O3/c1-11(13-5-3-4-6-14(13)22-2)18-15(20)10-19-9-12(17)7-8-16(19)21/h3-9,11H,10H2,1-2H3,(H,18,20). The molecule has 1 atom stereocenters. The minimum absolute atomic E-state index is 0.0300. The molecule has 1 amide bonds. The molecule has 0 fully saturated rings. The molecule has 116 valence electrons. The highest BCUT2D eigenvalue weighted by Gasteiger charge is 2.14. The zero-order valence-electron chi connectivity index (χ0n) is 12.4. The number of para-hydroxylation sites is 1. The Kier molecular flexibility index (Phi) is 5.38. The van der Waals surface area contributed by atoms with E-state index in [2.05, 4.69) is 21.2 Å². The van der Waals surface area contributed by atoms with Crippen LogP contribution in [0.5, 0.6) is 5.75 Å². The van der Waals surface area contributed by atoms with Crippen LogP contribution in [0.4, 0.5) is 0 Å². The maximum Gasteiger partial charge on any atom is 0.251 e. The first kappa shape index (κ1) is 16.3. The molecule has 22 heavy (non-hydrogen) atoms. The predicted molar refractivity (Wildman–Crippen MR) is 88.0 cm³/mol. The molecule has 1 aromatic heterocycles. The smallest absolute Gasteiger partial charge is 0.251 e. The van der Waals surface area contributed by atoms with Crippen molar-refractivity contribution in [3.05, 3.63) is 63.0 Å². The van der Waals surface area contributed by atoms with Crippen LogP contribution in [0.15, 0.2) is 51.9 Å². The molecule has 0 aliphatic carbocycles. The summed E-state index contributed by atoms with van der Waals surface area (Å²) >= 11 is 3.28. The summed E-state index contributed by atoms with van der Waals surface area (Å²) in [4.78, 5) is 23.8. The predicted octanol–water partition coefficient (Wildman–Crippen LogP) is 2.50. The summed E-state index contributed by atoms with van der Waals surface area (Å²) in [5.41, 5.74) is 0.670. The van der Waals surface area contributed by atoms with Crippen molar-refractivity contribution in [2.75, 3.05) is 7.11 Å². The van der Waals surface area contributed by atoms with Crippen LogP contribution in [0.3, 0.4) is 0 Å². The molecule has 0 saturated heterocycles. The average Bonchev–Trinajstić information content (AvgIpc) is 2.50. The van der Waals surface area contributed by atoms with Crippen LogP contribution in [-0.4, -0.2) is 17.6 Å². The molecule has 0 bridgehead atoms. The summed E-state index contributed by atoms with van der Waals surface area (Å²) in [5.74, 6) is 0.480. The summed E-state index contributed by atoms with van der Waals surface area (Å²) in [5, 5.41) is 2.87. The average molecular weight is 365 g/mol. The van der Waals surface area contributed by atoms with Crippen molar-refractivity contribution in [2.24, 2.45) is 0 Å². The maximum absolute atomic E-state index is 12.1. The number of pyridine rings is 1. The molecule has 0 spiro atoms. The lowest BCUT2D eigenvalue weighted by Crippen LogP contribution is -2.33. The Morgan fingerprint density at radius 1 is 1.32 bits per heavy atom. The van der Waals surface area contributed by atoms with Gasteiger partial charge < -0.3 is 14.6 Å². The van der Waals surface area contributed by atoms with Crippen LogP contribution in [-0.2, 0) is 11.3 Å². The fraction of sp³-hybridized carbons (Fsp3) is 0.250. The lowest BCUT2D eigenvalue weighted by Gasteiger charge is -2.17. The second-order valence-electron chi connectivity index (χ2n) is 4.84. The fourth-order valence-corrected chi connectivity index (χ4v) is 2.55. The van der Waals surface area contributed by atoms with E-state index < -0.39 is 0 Å². The minimum atomic E-state index is -0.237. The number of benzene rings is 1. The molecule has 2 rings (SSSR count). The van der Waals surface area contributed by atoms with E-state index in [4.69, 9.17) is 4.74 Å². The number of rotatable bonds is 5. The largest absolute Gasteiger partial charge is 0.496 e. The zero-order valence-corrected chi connectivity index (χ0v) is 14.0. The van der Waals surface area contributed by atoms with Gasteiger partial charge in [-0.15, -0.1) is 0 Å². The van der Waals surface area contributed by atoms with Crippen LogP contribution in [0, 0.1) is 0 Å². The third-order valence-electron chi connectivity index (χ3n) is 3.24. The van der Waals surface area contributed by atoms with Crippen molar-refractivity contribution in [1.82, 2.24) is 9.88 Å². The van der Waals surface area contributed by atoms with Crippen LogP contribution in [0.2, 0.25) is 0 Å². The molecule has 1 N–H and O–H groups in total. The second-order valence-corrected chi connectivity index (χ2v) is 5.76. The van der Waals surface area contributed by atoms with Gasteiger partial charge in [-0.1, -0.05) is 18.2 Å². The summed E-state index contributed by atoms with van der Waals surface area (Å²) in [6, 6.07) is 10.4. The summed E-state index contributed by atoms with van der Waals surface area (Å²) in [7, 11) is 1.59. The Labute approximate surface area is 137 Å². The number of carbonyl (C=O) groups is 1. The highest BCUT2D eigenvalue weighted by atomic mass is 79.9. The maximum atomic E-state index is 12.1. The molecule has 1 unspecified atom stereocenters. The number of carbonyl (C=O) groups excluding carboxylic acids is 1. The number of nitrogens with one attached hydrogen (secondary N) is 1. The van der Waals surface area contributed by atoms with E-state index >= 15 is 0 Å². The van der Waals surface area contributed by atoms with Gasteiger partial charge in [-0.05, 0) is 35.0 Å². The van der Waals surface area contributed by atoms with E-state index in [1.807, 2.05) is 31.2 Å². The fourth-order valence-electron chi connectivity index (χ4n) is 2.17. The van der Waals surface area contributed by atoms with Gasteiger partial charge in [-0.3, -0.25) is 9.59 Å². The van der Waals surface area contributed by atoms with Gasteiger partial charge in [-0.25, -0.2) is 0 Å². The molecule has 1 aromatic carbocycles. The Morgan fingerprint density at radius 2 is 2.05 bits per heavy atom. The Balaban J connectivity index is 2.08. The number of nitrogens with zero attached hydrogens (tertiary/aromatic N) is 1. The van der Waals surface area contributed by atoms with Crippen molar-refractivity contribution in [3.8, 4) is 5.75 Å². The molecular weight excluding hydrogens is 348 g/mol. The molecular formula is C16H17BrN2O3. The third-order valence-corrected chi connectivity index (χ3v) is 3.71. The van der Waals surface area contributed by atoms with E-state index in [0.717, 1.165) is 15.8 Å². The highest BCUT2D eigenvalue weighted by molar-refractivity contribution is 9.10. The second kappa shape index (κ2) is 7.26. The van der Waals surface area contributed by atoms with Gasteiger partial charge in [0, 0.05) is 22.3 Å². The topological polar surface area (TPSA) is 60.3 Å². The molecule has 5 nitrogen and oxygen atoms in total. The van der Waals surface area contributed by atoms with E-state index in [9.17, 15) is 9.59 Å². The van der Waals surface area contributed by atoms with Gasteiger partial charge in [0.15, 0.2) is 0 Å². The highest BCUT2D eigenvalue weighted by Crippen LogP contribution is 2.24. The van der Waals surface area contributed by atoms with Crippen molar-refractivity contribution in [1.29, 1.82) is 0 Å². The number of hydrogen-bond acceptors (Lipinski definition) is 3. The van der Waals surface area contributed by atoms with Crippen molar-refractivity contribution in [2.45, 2.75) is 19.5 Å². The molecule has 6 heteroatoms. The SMILES string of the molecule is COc1ccccc1C(C)NC(=O)Cn1cc(Br)ccc1=O. The first-order chi connectivity index (χ1) is 10.5. The van der Waals surface area contributed by atoms with E-state index in [0.29, 0.717) is 0 Å². The van der Waals surface area contributed by atoms with E-state index in [1.165, 1.54) is 10.6 Å². The Hall–Kier alpha value is -2.08. The third kappa shape index (κ3) is 3.98. The van der Waals surface area contributed by atoms with Crippen LogP contribution in [0.25, 0.3) is 0 Å². The summed E-state index contributed by atoms with van der Waals surface area (Å²) in [6.07, 6.45) is 1.59. The Morgan fingerprint density at radius 3 is 2.77 bits per heavy atom. The lowest BCUT2D eigenvalue weighted by molar-refractivity contribution is -0.122. The summed E-state index contributed by atoms with van der Waals surface area (Å²) in [6.45, 7) is 1.84. The minimum Gasteiger partial charge on any atom is -0.496 e. The van der Waals surface area contributed by atoms with Crippen LogP contribution < -0.4 is 15.6 Å². The van der Waals surface area contributed by atoms with Gasteiger partial charge in [0.1, 0.15) is 12.3 Å². The Bertz CT molecular complexity index is 727. The van der Waals surface area contributed by atoms with Gasteiger partial charge >= 0.3 is 0 Å². The van der Waals surface area contributed by atoms with Crippen LogP contribution in [0.1, 0.15) is 18.5 Å². The first-order valence-electron chi connectivity index (χ1n) is 6.79. The van der Waals surface area contributed by atoms with Crippen LogP contribution >= 0.6 is 15.9 Å². The quantitative estimate of drug-likeness (QED) is 0.886. The summed E-state index contributed by atoms with van der Waals surface area (Å²) < 4.78 is 7.39. The number of amides is 1. The van der Waals surface area contributed by atoms with E-state index in [-0.39, 0.29) is 24.1 Å². The molecule has 0 saturated carbocycles. The van der Waals surface area contributed by atoms with E-state index in [1.54, 1.807) is 19.4 Å². The number of halogens is 1. The van der Waals surface area contributed by atoms with Crippen molar-refractivity contribution in [3.63, 3.8) is 0 Å². The van der Waals surface area contributed by atoms with Crippen molar-refractivity contribution < 1.29 is 9.53 Å². The monoisotopic (exact) mass is 364 g/mol. The van der Waals surface area contributed by atoms with Gasteiger partial charge in [0.05, 0.1) is 13.2 Å². The number of methoxy groups -OCH3 is 1. The van der Waals surface area contributed by atoms with Crippen molar-refractivity contribution >= 4 is 21.8 Å².